The molecule has 0 spiro atoms. The number of rotatable bonds is 5. The van der Waals surface area contributed by atoms with E-state index in [9.17, 15) is 0 Å². The van der Waals surface area contributed by atoms with E-state index >= 15 is 0 Å². The second-order valence-electron chi connectivity index (χ2n) is 1.70. The van der Waals surface area contributed by atoms with Crippen molar-refractivity contribution in [3.05, 3.63) is 6.92 Å². The molecule has 2 nitrogen and oxygen atoms in total. The first-order valence-corrected chi connectivity index (χ1v) is 3.34. The molecule has 0 amide bonds. The zero-order valence-electron chi connectivity index (χ0n) is 5.97. The van der Waals surface area contributed by atoms with E-state index in [1.54, 1.807) is 6.21 Å². The maximum absolute atomic E-state index is 4.73. The van der Waals surface area contributed by atoms with Crippen LogP contribution in [0.2, 0.25) is 0 Å². The van der Waals surface area contributed by atoms with Crippen LogP contribution in [0.5, 0.6) is 0 Å². The Bertz CT molecular complexity index is 71.3. The number of hydrogen-bond donors (Lipinski definition) is 0. The maximum Gasteiger partial charge on any atom is 0.114 e. The Morgan fingerprint density at radius 2 is 2.44 bits per heavy atom. The second-order valence-corrected chi connectivity index (χ2v) is 1.70. The van der Waals surface area contributed by atoms with Crippen LogP contribution in [0.1, 0.15) is 26.2 Å². The van der Waals surface area contributed by atoms with Gasteiger partial charge in [0, 0.05) is 6.21 Å². The largest absolute Gasteiger partial charge is 0.396 e. The van der Waals surface area contributed by atoms with Crippen molar-refractivity contribution in [3.63, 3.8) is 0 Å². The van der Waals surface area contributed by atoms with E-state index in [1.807, 2.05) is 6.92 Å². The fourth-order valence-electron chi connectivity index (χ4n) is 0.416. The molecular formula is C7H14NO. The Morgan fingerprint density at radius 3 is 3.00 bits per heavy atom. The molecule has 0 aromatic carbocycles. The standard InChI is InChI=1S/C7H14NO/c1-3-5-6-7-8-9-4-2/h7H,1,3-6H2,2H3/b8-7-. The number of unbranched alkanes of at least 4 members (excludes halogenated alkanes) is 2. The molecule has 0 rings (SSSR count). The summed E-state index contributed by atoms with van der Waals surface area (Å²) in [7, 11) is 0. The Morgan fingerprint density at radius 1 is 1.67 bits per heavy atom. The first kappa shape index (κ1) is 8.47. The van der Waals surface area contributed by atoms with Gasteiger partial charge in [-0.1, -0.05) is 18.5 Å². The summed E-state index contributed by atoms with van der Waals surface area (Å²) in [6.45, 7) is 6.27. The van der Waals surface area contributed by atoms with Crippen molar-refractivity contribution < 1.29 is 4.84 Å². The summed E-state index contributed by atoms with van der Waals surface area (Å²) in [5, 5.41) is 3.67. The van der Waals surface area contributed by atoms with Crippen LogP contribution in [0, 0.1) is 6.92 Å². The van der Waals surface area contributed by atoms with E-state index in [0.29, 0.717) is 6.61 Å². The molecular weight excluding hydrogens is 114 g/mol. The first-order valence-electron chi connectivity index (χ1n) is 3.34. The van der Waals surface area contributed by atoms with Gasteiger partial charge in [-0.05, 0) is 19.8 Å². The average molecular weight is 128 g/mol. The summed E-state index contributed by atoms with van der Waals surface area (Å²) < 4.78 is 0. The highest BCUT2D eigenvalue weighted by molar-refractivity contribution is 5.56. The lowest BCUT2D eigenvalue weighted by molar-refractivity contribution is 0.160. The fourth-order valence-corrected chi connectivity index (χ4v) is 0.416. The quantitative estimate of drug-likeness (QED) is 0.315. The monoisotopic (exact) mass is 128 g/mol. The molecule has 9 heavy (non-hydrogen) atoms. The number of hydrogen-bond acceptors (Lipinski definition) is 2. The molecule has 0 fully saturated rings. The zero-order chi connectivity index (χ0) is 6.95. The molecule has 2 heteroatoms. The van der Waals surface area contributed by atoms with Crippen molar-refractivity contribution >= 4 is 6.21 Å². The molecule has 0 saturated carbocycles. The average Bonchev–Trinajstić information content (AvgIpc) is 1.89. The van der Waals surface area contributed by atoms with E-state index in [-0.39, 0.29) is 0 Å². The summed E-state index contributed by atoms with van der Waals surface area (Å²) in [5.74, 6) is 0. The predicted octanol–water partition coefficient (Wildman–Crippen LogP) is 2.01. The van der Waals surface area contributed by atoms with Gasteiger partial charge in [0.1, 0.15) is 6.61 Å². The van der Waals surface area contributed by atoms with Gasteiger partial charge in [-0.25, -0.2) is 0 Å². The molecule has 0 aliphatic carbocycles. The van der Waals surface area contributed by atoms with Gasteiger partial charge in [0.2, 0.25) is 0 Å². The lowest BCUT2D eigenvalue weighted by Gasteiger charge is -1.89. The molecule has 0 aliphatic rings. The summed E-state index contributed by atoms with van der Waals surface area (Å²) in [5.41, 5.74) is 0. The third kappa shape index (κ3) is 7.47. The third-order valence-electron chi connectivity index (χ3n) is 0.861. The molecule has 0 heterocycles. The Labute approximate surface area is 56.9 Å². The minimum atomic E-state index is 0.654. The predicted molar refractivity (Wildman–Crippen MR) is 39.3 cm³/mol. The lowest BCUT2D eigenvalue weighted by Crippen LogP contribution is -1.80. The van der Waals surface area contributed by atoms with Gasteiger partial charge in [0.05, 0.1) is 0 Å². The number of nitrogens with zero attached hydrogens (tertiary/aromatic N) is 1. The van der Waals surface area contributed by atoms with E-state index in [2.05, 4.69) is 12.1 Å². The van der Waals surface area contributed by atoms with Gasteiger partial charge >= 0.3 is 0 Å². The molecule has 0 unspecified atom stereocenters. The van der Waals surface area contributed by atoms with E-state index in [0.717, 1.165) is 19.3 Å². The first-order chi connectivity index (χ1) is 4.41. The Kier molecular flexibility index (Phi) is 7.03. The lowest BCUT2D eigenvalue weighted by atomic mass is 10.3. The second kappa shape index (κ2) is 7.47. The van der Waals surface area contributed by atoms with E-state index < -0.39 is 0 Å². The van der Waals surface area contributed by atoms with Crippen molar-refractivity contribution in [3.8, 4) is 0 Å². The molecule has 0 saturated heterocycles. The Balaban J connectivity index is 2.86. The molecule has 0 N–H and O–H groups in total. The molecule has 0 aromatic heterocycles. The highest BCUT2D eigenvalue weighted by Crippen LogP contribution is 1.89. The van der Waals surface area contributed by atoms with Gasteiger partial charge in [0.25, 0.3) is 0 Å². The van der Waals surface area contributed by atoms with Crippen LogP contribution < -0.4 is 0 Å². The Hall–Kier alpha value is -0.530. The third-order valence-corrected chi connectivity index (χ3v) is 0.861. The van der Waals surface area contributed by atoms with Crippen LogP contribution in [0.4, 0.5) is 0 Å². The molecule has 1 radical (unpaired) electrons. The van der Waals surface area contributed by atoms with Crippen molar-refractivity contribution in [2.45, 2.75) is 26.2 Å². The van der Waals surface area contributed by atoms with Gasteiger partial charge in [-0.15, -0.1) is 0 Å². The van der Waals surface area contributed by atoms with Crippen LogP contribution in [0.3, 0.4) is 0 Å². The summed E-state index contributed by atoms with van der Waals surface area (Å²) in [6, 6.07) is 0. The number of oxime groups is 1. The molecule has 53 valence electrons. The van der Waals surface area contributed by atoms with Crippen LogP contribution in [0.25, 0.3) is 0 Å². The molecule has 0 aromatic rings. The van der Waals surface area contributed by atoms with E-state index in [1.165, 1.54) is 0 Å². The molecule has 0 aliphatic heterocycles. The zero-order valence-corrected chi connectivity index (χ0v) is 5.97. The summed E-state index contributed by atoms with van der Waals surface area (Å²) in [4.78, 5) is 4.73. The maximum atomic E-state index is 4.73. The minimum absolute atomic E-state index is 0.654. The van der Waals surface area contributed by atoms with Crippen molar-refractivity contribution in [1.82, 2.24) is 0 Å². The van der Waals surface area contributed by atoms with Crippen LogP contribution in [-0.2, 0) is 4.84 Å². The topological polar surface area (TPSA) is 21.6 Å². The highest BCUT2D eigenvalue weighted by atomic mass is 16.6. The summed E-state index contributed by atoms with van der Waals surface area (Å²) in [6.07, 6.45) is 4.83. The van der Waals surface area contributed by atoms with Gasteiger partial charge < -0.3 is 4.84 Å². The molecule has 0 atom stereocenters. The SMILES string of the molecule is [CH2]CCC/C=N\OCC. The van der Waals surface area contributed by atoms with Gasteiger partial charge in [0.15, 0.2) is 0 Å². The van der Waals surface area contributed by atoms with Crippen molar-refractivity contribution in [2.24, 2.45) is 5.16 Å². The smallest absolute Gasteiger partial charge is 0.114 e. The highest BCUT2D eigenvalue weighted by Gasteiger charge is 1.77. The minimum Gasteiger partial charge on any atom is -0.396 e. The normalized spacial score (nSPS) is 10.4. The van der Waals surface area contributed by atoms with Crippen LogP contribution in [0.15, 0.2) is 5.16 Å². The fraction of sp³-hybridized carbons (Fsp3) is 0.714. The van der Waals surface area contributed by atoms with Crippen LogP contribution >= 0.6 is 0 Å². The van der Waals surface area contributed by atoms with Gasteiger partial charge in [-0.3, -0.25) is 0 Å². The summed E-state index contributed by atoms with van der Waals surface area (Å²) >= 11 is 0. The van der Waals surface area contributed by atoms with Gasteiger partial charge in [-0.2, -0.15) is 0 Å². The van der Waals surface area contributed by atoms with Crippen molar-refractivity contribution in [1.29, 1.82) is 0 Å². The molecule has 0 bridgehead atoms. The van der Waals surface area contributed by atoms with E-state index in [4.69, 9.17) is 4.84 Å². The van der Waals surface area contributed by atoms with Crippen LogP contribution in [-0.4, -0.2) is 12.8 Å². The van der Waals surface area contributed by atoms with Crippen molar-refractivity contribution in [2.75, 3.05) is 6.61 Å².